The number of hydrogen-bond acceptors (Lipinski definition) is 3. The number of carboxylic acid groups (broad SMARTS) is 1. The van der Waals surface area contributed by atoms with Crippen LogP contribution >= 0.6 is 0 Å². The van der Waals surface area contributed by atoms with Crippen molar-refractivity contribution < 1.29 is 14.7 Å². The third-order valence-electron chi connectivity index (χ3n) is 3.86. The van der Waals surface area contributed by atoms with Crippen LogP contribution in [0.4, 0.5) is 5.69 Å². The second kappa shape index (κ2) is 5.42. The number of aliphatic carboxylic acids is 1. The molecule has 0 saturated heterocycles. The fourth-order valence-corrected chi connectivity index (χ4v) is 2.76. The minimum absolute atomic E-state index is 0.212. The Morgan fingerprint density at radius 3 is 2.68 bits per heavy atom. The lowest BCUT2D eigenvalue weighted by Crippen LogP contribution is -2.29. The quantitative estimate of drug-likeness (QED) is 0.864. The number of carbonyl (C=O) groups excluding carboxylic acids is 1. The normalized spacial score (nSPS) is 26.3. The molecule has 6 nitrogen and oxygen atoms in total. The second-order valence-electron chi connectivity index (χ2n) is 5.19. The summed E-state index contributed by atoms with van der Waals surface area (Å²) in [7, 11) is 1.76. The zero-order chi connectivity index (χ0) is 14.0. The van der Waals surface area contributed by atoms with Gasteiger partial charge in [0, 0.05) is 13.2 Å². The highest BCUT2D eigenvalue weighted by molar-refractivity contribution is 5.95. The molecule has 104 valence electrons. The first-order valence-corrected chi connectivity index (χ1v) is 6.53. The van der Waals surface area contributed by atoms with Gasteiger partial charge in [0.15, 0.2) is 0 Å². The molecule has 1 fully saturated rings. The zero-order valence-electron chi connectivity index (χ0n) is 11.2. The Balaban J connectivity index is 2.06. The molecule has 1 saturated carbocycles. The first-order chi connectivity index (χ1) is 9.01. The SMILES string of the molecule is CCC1CC(C(=O)O)C(C(=O)Nc2cnn(C)c2)C1. The van der Waals surface area contributed by atoms with Gasteiger partial charge in [0.05, 0.1) is 23.7 Å². The molecular formula is C13H19N3O3. The number of carbonyl (C=O) groups is 2. The molecular weight excluding hydrogens is 246 g/mol. The van der Waals surface area contributed by atoms with Crippen LogP contribution in [0.2, 0.25) is 0 Å². The summed E-state index contributed by atoms with van der Waals surface area (Å²) in [6.07, 6.45) is 5.41. The van der Waals surface area contributed by atoms with Crippen LogP contribution in [0.3, 0.4) is 0 Å². The lowest BCUT2D eigenvalue weighted by atomic mass is 9.95. The van der Waals surface area contributed by atoms with Gasteiger partial charge >= 0.3 is 5.97 Å². The minimum atomic E-state index is -0.873. The van der Waals surface area contributed by atoms with Crippen LogP contribution in [0.5, 0.6) is 0 Å². The summed E-state index contributed by atoms with van der Waals surface area (Å²) < 4.78 is 1.59. The number of nitrogens with zero attached hydrogens (tertiary/aromatic N) is 2. The lowest BCUT2D eigenvalue weighted by Gasteiger charge is -2.14. The molecule has 2 rings (SSSR count). The number of rotatable bonds is 4. The van der Waals surface area contributed by atoms with E-state index in [9.17, 15) is 14.7 Å². The summed E-state index contributed by atoms with van der Waals surface area (Å²) in [6, 6.07) is 0. The highest BCUT2D eigenvalue weighted by atomic mass is 16.4. The number of anilines is 1. The standard InChI is InChI=1S/C13H19N3O3/c1-3-8-4-10(11(5-8)13(18)19)12(17)15-9-6-14-16(2)7-9/h6-8,10-11H,3-5H2,1-2H3,(H,15,17)(H,18,19). The Labute approximate surface area is 111 Å². The third-order valence-corrected chi connectivity index (χ3v) is 3.86. The van der Waals surface area contributed by atoms with E-state index in [0.717, 1.165) is 6.42 Å². The van der Waals surface area contributed by atoms with Crippen molar-refractivity contribution in [1.82, 2.24) is 9.78 Å². The van der Waals surface area contributed by atoms with Crippen LogP contribution in [0.1, 0.15) is 26.2 Å². The van der Waals surface area contributed by atoms with E-state index in [1.165, 1.54) is 0 Å². The average Bonchev–Trinajstić information content (AvgIpc) is 2.95. The first-order valence-electron chi connectivity index (χ1n) is 6.53. The molecule has 0 bridgehead atoms. The summed E-state index contributed by atoms with van der Waals surface area (Å²) in [5, 5.41) is 15.9. The van der Waals surface area contributed by atoms with Crippen molar-refractivity contribution >= 4 is 17.6 Å². The molecule has 1 aromatic heterocycles. The van der Waals surface area contributed by atoms with Gasteiger partial charge in [-0.25, -0.2) is 0 Å². The highest BCUT2D eigenvalue weighted by Gasteiger charge is 2.42. The van der Waals surface area contributed by atoms with Crippen molar-refractivity contribution in [3.8, 4) is 0 Å². The van der Waals surface area contributed by atoms with Gasteiger partial charge in [-0.05, 0) is 18.8 Å². The molecule has 2 N–H and O–H groups in total. The molecule has 1 heterocycles. The van der Waals surface area contributed by atoms with Gasteiger partial charge in [0.1, 0.15) is 0 Å². The summed E-state index contributed by atoms with van der Waals surface area (Å²) in [5.74, 6) is -1.77. The molecule has 6 heteroatoms. The molecule has 0 radical (unpaired) electrons. The number of aromatic nitrogens is 2. The van der Waals surface area contributed by atoms with E-state index < -0.39 is 17.8 Å². The maximum absolute atomic E-state index is 12.2. The number of carboxylic acids is 1. The van der Waals surface area contributed by atoms with E-state index in [4.69, 9.17) is 0 Å². The van der Waals surface area contributed by atoms with E-state index in [1.807, 2.05) is 6.92 Å². The van der Waals surface area contributed by atoms with Crippen molar-refractivity contribution in [3.63, 3.8) is 0 Å². The average molecular weight is 265 g/mol. The Bertz CT molecular complexity index is 483. The summed E-state index contributed by atoms with van der Waals surface area (Å²) in [5.41, 5.74) is 0.608. The number of amides is 1. The van der Waals surface area contributed by atoms with E-state index in [2.05, 4.69) is 10.4 Å². The largest absolute Gasteiger partial charge is 0.481 e. The molecule has 1 amide bonds. The Morgan fingerprint density at radius 2 is 2.16 bits per heavy atom. The van der Waals surface area contributed by atoms with Crippen LogP contribution in [-0.2, 0) is 16.6 Å². The number of nitrogens with one attached hydrogen (secondary N) is 1. The van der Waals surface area contributed by atoms with Crippen LogP contribution < -0.4 is 5.32 Å². The molecule has 1 aliphatic carbocycles. The lowest BCUT2D eigenvalue weighted by molar-refractivity contribution is -0.145. The topological polar surface area (TPSA) is 84.2 Å². The third kappa shape index (κ3) is 2.94. The van der Waals surface area contributed by atoms with Gasteiger partial charge in [-0.15, -0.1) is 0 Å². The van der Waals surface area contributed by atoms with E-state index in [1.54, 1.807) is 24.1 Å². The van der Waals surface area contributed by atoms with E-state index in [0.29, 0.717) is 24.4 Å². The van der Waals surface area contributed by atoms with Gasteiger partial charge in [0.2, 0.25) is 5.91 Å². The maximum Gasteiger partial charge on any atom is 0.307 e. The van der Waals surface area contributed by atoms with Crippen LogP contribution in [0.25, 0.3) is 0 Å². The Hall–Kier alpha value is -1.85. The van der Waals surface area contributed by atoms with Gasteiger partial charge < -0.3 is 10.4 Å². The number of aryl methyl sites for hydroxylation is 1. The van der Waals surface area contributed by atoms with Gasteiger partial charge in [-0.1, -0.05) is 13.3 Å². The van der Waals surface area contributed by atoms with Crippen molar-refractivity contribution in [2.75, 3.05) is 5.32 Å². The van der Waals surface area contributed by atoms with Crippen molar-refractivity contribution in [1.29, 1.82) is 0 Å². The summed E-state index contributed by atoms with van der Waals surface area (Å²) >= 11 is 0. The summed E-state index contributed by atoms with van der Waals surface area (Å²) in [4.78, 5) is 23.4. The molecule has 0 aliphatic heterocycles. The predicted molar refractivity (Wildman–Crippen MR) is 69.5 cm³/mol. The summed E-state index contributed by atoms with van der Waals surface area (Å²) in [6.45, 7) is 2.03. The fraction of sp³-hybridized carbons (Fsp3) is 0.615. The maximum atomic E-state index is 12.2. The first kappa shape index (κ1) is 13.6. The minimum Gasteiger partial charge on any atom is -0.481 e. The van der Waals surface area contributed by atoms with Crippen LogP contribution in [-0.4, -0.2) is 26.8 Å². The smallest absolute Gasteiger partial charge is 0.307 e. The Kier molecular flexibility index (Phi) is 3.87. The van der Waals surface area contributed by atoms with E-state index >= 15 is 0 Å². The monoisotopic (exact) mass is 265 g/mol. The molecule has 1 aromatic rings. The van der Waals surface area contributed by atoms with Gasteiger partial charge in [-0.3, -0.25) is 14.3 Å². The molecule has 1 aliphatic rings. The van der Waals surface area contributed by atoms with Crippen molar-refractivity contribution in [3.05, 3.63) is 12.4 Å². The second-order valence-corrected chi connectivity index (χ2v) is 5.19. The van der Waals surface area contributed by atoms with Crippen LogP contribution in [0.15, 0.2) is 12.4 Å². The molecule has 0 aromatic carbocycles. The van der Waals surface area contributed by atoms with Crippen LogP contribution in [0, 0.1) is 17.8 Å². The van der Waals surface area contributed by atoms with Crippen molar-refractivity contribution in [2.45, 2.75) is 26.2 Å². The number of hydrogen-bond donors (Lipinski definition) is 2. The Morgan fingerprint density at radius 1 is 1.47 bits per heavy atom. The molecule has 3 atom stereocenters. The van der Waals surface area contributed by atoms with E-state index in [-0.39, 0.29) is 5.91 Å². The molecule has 0 spiro atoms. The van der Waals surface area contributed by atoms with Crippen molar-refractivity contribution in [2.24, 2.45) is 24.8 Å². The predicted octanol–water partition coefficient (Wildman–Crippen LogP) is 1.50. The zero-order valence-corrected chi connectivity index (χ0v) is 11.2. The fourth-order valence-electron chi connectivity index (χ4n) is 2.76. The van der Waals surface area contributed by atoms with Gasteiger partial charge in [0.25, 0.3) is 0 Å². The molecule has 19 heavy (non-hydrogen) atoms. The van der Waals surface area contributed by atoms with Gasteiger partial charge in [-0.2, -0.15) is 5.10 Å². The highest BCUT2D eigenvalue weighted by Crippen LogP contribution is 2.38. The molecule has 3 unspecified atom stereocenters.